The third-order valence-electron chi connectivity index (χ3n) is 3.93. The zero-order chi connectivity index (χ0) is 20.4. The average molecular weight is 436 g/mol. The van der Waals surface area contributed by atoms with Crippen LogP contribution in [0.5, 0.6) is 5.75 Å². The molecule has 1 aliphatic heterocycles. The standard InChI is InChI=1S/C17H14ClF4N3O2S/c1-9-7-24(17(26)25(15(19)20)13-6-11(18)8-28-13)23-14(9)10-2-4-12(5-3-10)27-16(21)22/h2-6,8-9,15-16H,7H2,1H3. The molecule has 0 spiro atoms. The van der Waals surface area contributed by atoms with Crippen LogP contribution in [-0.4, -0.2) is 36.5 Å². The molecule has 0 fully saturated rings. The lowest BCUT2D eigenvalue weighted by Crippen LogP contribution is -2.43. The highest BCUT2D eigenvalue weighted by Crippen LogP contribution is 2.32. The lowest BCUT2D eigenvalue weighted by molar-refractivity contribution is -0.0498. The Labute approximate surface area is 166 Å². The van der Waals surface area contributed by atoms with E-state index in [-0.39, 0.29) is 28.2 Å². The molecule has 2 amide bonds. The normalized spacial score (nSPS) is 16.6. The summed E-state index contributed by atoms with van der Waals surface area (Å²) >= 11 is 6.69. The van der Waals surface area contributed by atoms with Gasteiger partial charge in [0.25, 0.3) is 0 Å². The predicted octanol–water partition coefficient (Wildman–Crippen LogP) is 5.51. The lowest BCUT2D eigenvalue weighted by atomic mass is 9.99. The van der Waals surface area contributed by atoms with Gasteiger partial charge in [0, 0.05) is 11.3 Å². The molecule has 0 N–H and O–H groups in total. The van der Waals surface area contributed by atoms with E-state index < -0.39 is 19.2 Å². The molecule has 28 heavy (non-hydrogen) atoms. The number of thiophene rings is 1. The minimum atomic E-state index is -3.07. The van der Waals surface area contributed by atoms with Gasteiger partial charge in [-0.15, -0.1) is 11.3 Å². The first-order valence-corrected chi connectivity index (χ1v) is 9.28. The fraction of sp³-hybridized carbons (Fsp3) is 0.294. The van der Waals surface area contributed by atoms with Crippen molar-refractivity contribution in [2.75, 3.05) is 11.4 Å². The van der Waals surface area contributed by atoms with Gasteiger partial charge in [-0.3, -0.25) is 0 Å². The first-order chi connectivity index (χ1) is 13.3. The molecule has 0 saturated carbocycles. The van der Waals surface area contributed by atoms with Crippen molar-refractivity contribution in [1.82, 2.24) is 5.01 Å². The fourth-order valence-electron chi connectivity index (χ4n) is 2.71. The van der Waals surface area contributed by atoms with E-state index in [1.54, 1.807) is 6.92 Å². The monoisotopic (exact) mass is 435 g/mol. The first kappa shape index (κ1) is 20.4. The second kappa shape index (κ2) is 8.36. The molecule has 11 heteroatoms. The van der Waals surface area contributed by atoms with Gasteiger partial charge in [-0.25, -0.2) is 14.7 Å². The zero-order valence-corrected chi connectivity index (χ0v) is 15.9. The van der Waals surface area contributed by atoms with Gasteiger partial charge in [-0.2, -0.15) is 22.7 Å². The Morgan fingerprint density at radius 2 is 2.00 bits per heavy atom. The number of ether oxygens (including phenoxy) is 1. The van der Waals surface area contributed by atoms with Crippen molar-refractivity contribution in [1.29, 1.82) is 0 Å². The molecule has 1 unspecified atom stereocenters. The van der Waals surface area contributed by atoms with Gasteiger partial charge in [0.15, 0.2) is 0 Å². The van der Waals surface area contributed by atoms with Crippen molar-refractivity contribution >= 4 is 39.7 Å². The quantitative estimate of drug-likeness (QED) is 0.459. The van der Waals surface area contributed by atoms with Crippen molar-refractivity contribution in [2.45, 2.75) is 20.1 Å². The number of anilines is 1. The maximum atomic E-state index is 13.5. The van der Waals surface area contributed by atoms with Crippen LogP contribution in [0, 0.1) is 5.92 Å². The summed E-state index contributed by atoms with van der Waals surface area (Å²) in [7, 11) is 0. The predicted molar refractivity (Wildman–Crippen MR) is 98.7 cm³/mol. The van der Waals surface area contributed by atoms with E-state index in [9.17, 15) is 22.4 Å². The van der Waals surface area contributed by atoms with Crippen LogP contribution in [0.1, 0.15) is 12.5 Å². The number of carbonyl (C=O) groups is 1. The van der Waals surface area contributed by atoms with Crippen LogP contribution < -0.4 is 9.64 Å². The van der Waals surface area contributed by atoms with E-state index in [1.807, 2.05) is 0 Å². The Bertz CT molecular complexity index is 876. The smallest absolute Gasteiger partial charge is 0.387 e. The maximum absolute atomic E-state index is 13.5. The van der Waals surface area contributed by atoms with Crippen LogP contribution in [0.3, 0.4) is 0 Å². The number of carbonyl (C=O) groups excluding carboxylic acids is 1. The number of amides is 2. The summed E-state index contributed by atoms with van der Waals surface area (Å²) in [5, 5.41) is 6.85. The molecule has 1 aromatic heterocycles. The van der Waals surface area contributed by atoms with Crippen molar-refractivity contribution in [3.05, 3.63) is 46.3 Å². The molecular weight excluding hydrogens is 422 g/mol. The summed E-state index contributed by atoms with van der Waals surface area (Å²) in [6.45, 7) is -4.12. The van der Waals surface area contributed by atoms with E-state index in [0.717, 1.165) is 16.3 Å². The third kappa shape index (κ3) is 4.39. The largest absolute Gasteiger partial charge is 0.435 e. The minimum absolute atomic E-state index is 0.00908. The second-order valence-corrected chi connectivity index (χ2v) is 7.23. The summed E-state index contributed by atoms with van der Waals surface area (Å²) in [4.78, 5) is 12.9. The summed E-state index contributed by atoms with van der Waals surface area (Å²) in [6.07, 6.45) is 0. The van der Waals surface area contributed by atoms with Crippen molar-refractivity contribution < 1.29 is 27.1 Å². The zero-order valence-electron chi connectivity index (χ0n) is 14.4. The number of nitrogens with zero attached hydrogens (tertiary/aromatic N) is 3. The van der Waals surface area contributed by atoms with Crippen molar-refractivity contribution in [2.24, 2.45) is 11.0 Å². The summed E-state index contributed by atoms with van der Waals surface area (Å²) in [6, 6.07) is 6.03. The van der Waals surface area contributed by atoms with E-state index >= 15 is 0 Å². The van der Waals surface area contributed by atoms with E-state index in [0.29, 0.717) is 16.2 Å². The third-order valence-corrected chi connectivity index (χ3v) is 5.21. The topological polar surface area (TPSA) is 45.1 Å². The minimum Gasteiger partial charge on any atom is -0.435 e. The molecule has 5 nitrogen and oxygen atoms in total. The van der Waals surface area contributed by atoms with Crippen LogP contribution in [0.15, 0.2) is 40.8 Å². The lowest BCUT2D eigenvalue weighted by Gasteiger charge is -2.23. The molecular formula is C17H14ClF4N3O2S. The molecule has 1 aromatic carbocycles. The molecule has 0 saturated heterocycles. The Kier molecular flexibility index (Phi) is 6.09. The Morgan fingerprint density at radius 1 is 1.32 bits per heavy atom. The Hall–Kier alpha value is -2.33. The molecule has 3 rings (SSSR count). The molecule has 0 aliphatic carbocycles. The molecule has 1 atom stereocenters. The molecule has 1 aliphatic rings. The number of benzene rings is 1. The molecule has 0 bridgehead atoms. The Balaban J connectivity index is 1.82. The molecule has 2 heterocycles. The summed E-state index contributed by atoms with van der Waals surface area (Å²) in [5.41, 5.74) is 1.06. The van der Waals surface area contributed by atoms with Crippen molar-refractivity contribution in [3.63, 3.8) is 0 Å². The van der Waals surface area contributed by atoms with Gasteiger partial charge in [0.05, 0.1) is 17.3 Å². The van der Waals surface area contributed by atoms with Crippen LogP contribution in [0.25, 0.3) is 0 Å². The maximum Gasteiger partial charge on any atom is 0.387 e. The van der Waals surface area contributed by atoms with E-state index in [1.165, 1.54) is 35.7 Å². The highest BCUT2D eigenvalue weighted by atomic mass is 35.5. The van der Waals surface area contributed by atoms with Gasteiger partial charge in [-0.1, -0.05) is 18.5 Å². The molecule has 2 aromatic rings. The van der Waals surface area contributed by atoms with Gasteiger partial charge < -0.3 is 4.74 Å². The van der Waals surface area contributed by atoms with Gasteiger partial charge in [0.2, 0.25) is 0 Å². The number of hydrazone groups is 1. The van der Waals surface area contributed by atoms with Crippen LogP contribution in [0.4, 0.5) is 27.4 Å². The van der Waals surface area contributed by atoms with Gasteiger partial charge in [-0.05, 0) is 35.9 Å². The first-order valence-electron chi connectivity index (χ1n) is 8.03. The highest BCUT2D eigenvalue weighted by Gasteiger charge is 2.35. The number of hydrogen-bond acceptors (Lipinski definition) is 4. The summed E-state index contributed by atoms with van der Waals surface area (Å²) in [5.74, 6) is -0.256. The second-order valence-electron chi connectivity index (χ2n) is 5.90. The van der Waals surface area contributed by atoms with E-state index in [2.05, 4.69) is 9.84 Å². The number of rotatable bonds is 5. The molecule has 150 valence electrons. The molecule has 0 radical (unpaired) electrons. The summed E-state index contributed by atoms with van der Waals surface area (Å²) < 4.78 is 55.7. The van der Waals surface area contributed by atoms with Gasteiger partial charge >= 0.3 is 19.2 Å². The van der Waals surface area contributed by atoms with Crippen LogP contribution >= 0.6 is 22.9 Å². The number of alkyl halides is 4. The van der Waals surface area contributed by atoms with Crippen molar-refractivity contribution in [3.8, 4) is 5.75 Å². The fourth-order valence-corrected chi connectivity index (χ4v) is 3.78. The number of hydrogen-bond donors (Lipinski definition) is 0. The van der Waals surface area contributed by atoms with Crippen LogP contribution in [-0.2, 0) is 0 Å². The highest BCUT2D eigenvalue weighted by molar-refractivity contribution is 7.14. The number of halogens is 5. The average Bonchev–Trinajstić information content (AvgIpc) is 3.21. The SMILES string of the molecule is CC1CN(C(=O)N(c2cc(Cl)cs2)C(F)F)N=C1c1ccc(OC(F)F)cc1. The van der Waals surface area contributed by atoms with Crippen LogP contribution in [0.2, 0.25) is 5.02 Å². The Morgan fingerprint density at radius 3 is 2.54 bits per heavy atom. The van der Waals surface area contributed by atoms with E-state index in [4.69, 9.17) is 11.6 Å². The van der Waals surface area contributed by atoms with Gasteiger partial charge in [0.1, 0.15) is 10.8 Å². The number of urea groups is 1.